The van der Waals surface area contributed by atoms with Crippen LogP contribution in [0.2, 0.25) is 5.02 Å². The lowest BCUT2D eigenvalue weighted by Gasteiger charge is -2.14. The topological polar surface area (TPSA) is 29.5 Å². The highest BCUT2D eigenvalue weighted by Gasteiger charge is 2.09. The summed E-state index contributed by atoms with van der Waals surface area (Å²) in [6.07, 6.45) is -0.551. The van der Waals surface area contributed by atoms with Gasteiger partial charge in [0.05, 0.1) is 6.10 Å². The van der Waals surface area contributed by atoms with Crippen molar-refractivity contribution in [2.24, 2.45) is 0 Å². The quantitative estimate of drug-likeness (QED) is 0.903. The van der Waals surface area contributed by atoms with Crippen LogP contribution in [0.15, 0.2) is 42.5 Å². The highest BCUT2D eigenvalue weighted by molar-refractivity contribution is 6.31. The lowest BCUT2D eigenvalue weighted by molar-refractivity contribution is 0.190. The second-order valence-corrected chi connectivity index (χ2v) is 5.00. The van der Waals surface area contributed by atoms with E-state index in [0.717, 1.165) is 16.7 Å². The molecule has 0 aliphatic heterocycles. The fraction of sp³-hybridized carbons (Fsp3) is 0.250. The van der Waals surface area contributed by atoms with Crippen molar-refractivity contribution >= 4 is 11.6 Å². The van der Waals surface area contributed by atoms with Gasteiger partial charge < -0.3 is 9.84 Å². The third kappa shape index (κ3) is 3.49. The van der Waals surface area contributed by atoms with E-state index in [1.165, 1.54) is 0 Å². The van der Waals surface area contributed by atoms with Gasteiger partial charge in [0.25, 0.3) is 0 Å². The Kier molecular flexibility index (Phi) is 4.46. The van der Waals surface area contributed by atoms with Gasteiger partial charge >= 0.3 is 0 Å². The first-order valence-electron chi connectivity index (χ1n) is 6.22. The highest BCUT2D eigenvalue weighted by Crippen LogP contribution is 2.26. The molecule has 0 saturated heterocycles. The van der Waals surface area contributed by atoms with Gasteiger partial charge in [-0.3, -0.25) is 0 Å². The van der Waals surface area contributed by atoms with Crippen LogP contribution in [0.25, 0.3) is 0 Å². The van der Waals surface area contributed by atoms with E-state index in [-0.39, 0.29) is 0 Å². The molecule has 0 fully saturated rings. The number of benzene rings is 2. The van der Waals surface area contributed by atoms with Crippen LogP contribution in [0, 0.1) is 6.92 Å². The Hall–Kier alpha value is -1.51. The molecule has 0 aliphatic carbocycles. The molecule has 0 heterocycles. The fourth-order valence-corrected chi connectivity index (χ4v) is 2.17. The van der Waals surface area contributed by atoms with Crippen LogP contribution in [-0.2, 0) is 6.61 Å². The summed E-state index contributed by atoms with van der Waals surface area (Å²) >= 11 is 6.17. The molecule has 0 aromatic heterocycles. The van der Waals surface area contributed by atoms with E-state index in [9.17, 15) is 5.11 Å². The average molecular weight is 277 g/mol. The van der Waals surface area contributed by atoms with E-state index in [1.54, 1.807) is 6.92 Å². The van der Waals surface area contributed by atoms with Crippen molar-refractivity contribution < 1.29 is 9.84 Å². The summed E-state index contributed by atoms with van der Waals surface area (Å²) < 4.78 is 5.76. The first-order chi connectivity index (χ1) is 9.08. The maximum absolute atomic E-state index is 9.69. The molecule has 0 bridgehead atoms. The van der Waals surface area contributed by atoms with Crippen LogP contribution in [0.4, 0.5) is 0 Å². The van der Waals surface area contributed by atoms with Crippen molar-refractivity contribution in [1.82, 2.24) is 0 Å². The predicted octanol–water partition coefficient (Wildman–Crippen LogP) is 4.28. The van der Waals surface area contributed by atoms with E-state index < -0.39 is 6.10 Å². The lowest BCUT2D eigenvalue weighted by atomic mass is 10.1. The van der Waals surface area contributed by atoms with Crippen molar-refractivity contribution in [3.63, 3.8) is 0 Å². The zero-order chi connectivity index (χ0) is 13.8. The van der Waals surface area contributed by atoms with Crippen LogP contribution < -0.4 is 4.74 Å². The summed E-state index contributed by atoms with van der Waals surface area (Å²) in [5.74, 6) is 0.689. The maximum atomic E-state index is 9.69. The number of rotatable bonds is 4. The second kappa shape index (κ2) is 6.09. The Balaban J connectivity index is 2.14. The van der Waals surface area contributed by atoms with Gasteiger partial charge in [-0.25, -0.2) is 0 Å². The van der Waals surface area contributed by atoms with Crippen LogP contribution in [0.1, 0.15) is 29.7 Å². The van der Waals surface area contributed by atoms with Gasteiger partial charge in [-0.1, -0.05) is 41.9 Å². The van der Waals surface area contributed by atoms with Crippen molar-refractivity contribution in [3.8, 4) is 5.75 Å². The Bertz CT molecular complexity index is 564. The highest BCUT2D eigenvalue weighted by atomic mass is 35.5. The van der Waals surface area contributed by atoms with Gasteiger partial charge in [-0.15, -0.1) is 0 Å². The van der Waals surface area contributed by atoms with Gasteiger partial charge in [-0.2, -0.15) is 0 Å². The Morgan fingerprint density at radius 2 is 1.95 bits per heavy atom. The van der Waals surface area contributed by atoms with Gasteiger partial charge in [0.1, 0.15) is 12.4 Å². The van der Waals surface area contributed by atoms with Crippen molar-refractivity contribution in [3.05, 3.63) is 64.2 Å². The predicted molar refractivity (Wildman–Crippen MR) is 77.6 cm³/mol. The standard InChI is InChI=1S/C16H17ClO2/c1-11-7-8-13(15(17)9-11)10-19-16-6-4-3-5-14(16)12(2)18/h3-9,12,18H,10H2,1-2H3/t12-/m1/s1. The fourth-order valence-electron chi connectivity index (χ4n) is 1.88. The van der Waals surface area contributed by atoms with Gasteiger partial charge in [-0.05, 0) is 31.5 Å². The first-order valence-corrected chi connectivity index (χ1v) is 6.60. The van der Waals surface area contributed by atoms with Gasteiger partial charge in [0, 0.05) is 16.1 Å². The molecule has 3 heteroatoms. The number of hydrogen-bond donors (Lipinski definition) is 1. The summed E-state index contributed by atoms with van der Waals surface area (Å²) in [5.41, 5.74) is 2.84. The largest absolute Gasteiger partial charge is 0.488 e. The average Bonchev–Trinajstić information content (AvgIpc) is 2.38. The maximum Gasteiger partial charge on any atom is 0.125 e. The van der Waals surface area contributed by atoms with Gasteiger partial charge in [0.2, 0.25) is 0 Å². The molecular formula is C16H17ClO2. The minimum atomic E-state index is -0.551. The third-order valence-electron chi connectivity index (χ3n) is 2.96. The number of aryl methyl sites for hydroxylation is 1. The minimum Gasteiger partial charge on any atom is -0.488 e. The first kappa shape index (κ1) is 13.9. The molecule has 19 heavy (non-hydrogen) atoms. The van der Waals surface area contributed by atoms with Crippen LogP contribution in [0.5, 0.6) is 5.75 Å². The molecule has 0 amide bonds. The third-order valence-corrected chi connectivity index (χ3v) is 3.31. The number of ether oxygens (including phenoxy) is 1. The normalized spacial score (nSPS) is 12.2. The van der Waals surface area contributed by atoms with Crippen LogP contribution >= 0.6 is 11.6 Å². The monoisotopic (exact) mass is 276 g/mol. The molecule has 0 aliphatic rings. The molecule has 1 atom stereocenters. The zero-order valence-corrected chi connectivity index (χ0v) is 11.8. The molecule has 2 nitrogen and oxygen atoms in total. The number of aliphatic hydroxyl groups is 1. The molecule has 1 N–H and O–H groups in total. The zero-order valence-electron chi connectivity index (χ0n) is 11.1. The molecule has 2 aromatic carbocycles. The second-order valence-electron chi connectivity index (χ2n) is 4.60. The molecule has 0 spiro atoms. The number of hydrogen-bond acceptors (Lipinski definition) is 2. The van der Waals surface area contributed by atoms with Crippen molar-refractivity contribution in [1.29, 1.82) is 0 Å². The van der Waals surface area contributed by atoms with Crippen LogP contribution in [-0.4, -0.2) is 5.11 Å². The van der Waals surface area contributed by atoms with E-state index in [2.05, 4.69) is 0 Å². The lowest BCUT2D eigenvalue weighted by Crippen LogP contribution is -2.01. The van der Waals surface area contributed by atoms with E-state index in [0.29, 0.717) is 17.4 Å². The summed E-state index contributed by atoms with van der Waals surface area (Å²) in [7, 11) is 0. The summed E-state index contributed by atoms with van der Waals surface area (Å²) in [5, 5.41) is 10.4. The Morgan fingerprint density at radius 1 is 1.21 bits per heavy atom. The number of halogens is 1. The molecule has 2 aromatic rings. The molecule has 100 valence electrons. The number of para-hydroxylation sites is 1. The molecule has 2 rings (SSSR count). The summed E-state index contributed by atoms with van der Waals surface area (Å²) in [4.78, 5) is 0. The van der Waals surface area contributed by atoms with Crippen molar-refractivity contribution in [2.75, 3.05) is 0 Å². The van der Waals surface area contributed by atoms with Gasteiger partial charge in [0.15, 0.2) is 0 Å². The molecule has 0 radical (unpaired) electrons. The minimum absolute atomic E-state index is 0.392. The Morgan fingerprint density at radius 3 is 2.63 bits per heavy atom. The Labute approximate surface area is 118 Å². The smallest absolute Gasteiger partial charge is 0.125 e. The summed E-state index contributed by atoms with van der Waals surface area (Å²) in [6, 6.07) is 13.4. The molecular weight excluding hydrogens is 260 g/mol. The van der Waals surface area contributed by atoms with E-state index >= 15 is 0 Å². The van der Waals surface area contributed by atoms with E-state index in [1.807, 2.05) is 49.4 Å². The number of aliphatic hydroxyl groups excluding tert-OH is 1. The SMILES string of the molecule is Cc1ccc(COc2ccccc2[C@@H](C)O)c(Cl)c1. The van der Waals surface area contributed by atoms with E-state index in [4.69, 9.17) is 16.3 Å². The summed E-state index contributed by atoms with van der Waals surface area (Å²) in [6.45, 7) is 4.11. The van der Waals surface area contributed by atoms with Crippen LogP contribution in [0.3, 0.4) is 0 Å². The molecule has 0 saturated carbocycles. The molecule has 0 unspecified atom stereocenters. The van der Waals surface area contributed by atoms with Crippen molar-refractivity contribution in [2.45, 2.75) is 26.6 Å².